The van der Waals surface area contributed by atoms with E-state index in [0.717, 1.165) is 11.2 Å². The summed E-state index contributed by atoms with van der Waals surface area (Å²) in [6.07, 6.45) is 0. The lowest BCUT2D eigenvalue weighted by Crippen LogP contribution is -2.14. The molecule has 50 heavy (non-hydrogen) atoms. The van der Waals surface area contributed by atoms with Gasteiger partial charge < -0.3 is 4.42 Å². The largest absolute Gasteiger partial charge is 0.456 e. The molecule has 1 aliphatic rings. The molecule has 0 fully saturated rings. The highest BCUT2D eigenvalue weighted by Crippen LogP contribution is 2.51. The number of rotatable bonds is 3. The van der Waals surface area contributed by atoms with Gasteiger partial charge >= 0.3 is 0 Å². The molecule has 11 rings (SSSR count). The lowest BCUT2D eigenvalue weighted by Gasteiger charge is -2.22. The fourth-order valence-corrected chi connectivity index (χ4v) is 9.15. The summed E-state index contributed by atoms with van der Waals surface area (Å²) in [7, 11) is 0. The zero-order chi connectivity index (χ0) is 33.1. The smallest absolute Gasteiger partial charge is 0.136 e. The Hall–Kier alpha value is -6.18. The highest BCUT2D eigenvalue weighted by Gasteiger charge is 2.35. The Morgan fingerprint density at radius 2 is 0.960 bits per heavy atom. The molecule has 0 amide bonds. The molecule has 1 nitrogen and oxygen atoms in total. The molecule has 9 aromatic carbocycles. The van der Waals surface area contributed by atoms with Crippen LogP contribution in [0.4, 0.5) is 0 Å². The molecular weight excluding hydrogens is 605 g/mol. The molecule has 0 spiro atoms. The third-order valence-corrected chi connectivity index (χ3v) is 11.4. The van der Waals surface area contributed by atoms with E-state index >= 15 is 0 Å². The molecule has 0 aliphatic heterocycles. The maximum absolute atomic E-state index is 6.36. The number of benzene rings is 9. The molecular formula is C49H32O. The number of hydrogen-bond acceptors (Lipinski definition) is 1. The third kappa shape index (κ3) is 3.67. The molecule has 0 radical (unpaired) electrons. The van der Waals surface area contributed by atoms with Crippen LogP contribution in [-0.2, 0) is 5.41 Å². The Labute approximate surface area is 290 Å². The molecule has 1 heterocycles. The van der Waals surface area contributed by atoms with Crippen molar-refractivity contribution in [2.75, 3.05) is 0 Å². The summed E-state index contributed by atoms with van der Waals surface area (Å²) in [5.74, 6) is 0. The maximum Gasteiger partial charge on any atom is 0.136 e. The van der Waals surface area contributed by atoms with Crippen molar-refractivity contribution in [2.45, 2.75) is 19.3 Å². The highest BCUT2D eigenvalue weighted by molar-refractivity contribution is 6.29. The maximum atomic E-state index is 6.36. The van der Waals surface area contributed by atoms with E-state index in [9.17, 15) is 0 Å². The summed E-state index contributed by atoms with van der Waals surface area (Å²) in [5.41, 5.74) is 14.9. The topological polar surface area (TPSA) is 13.1 Å². The Bertz CT molecular complexity index is 2950. The van der Waals surface area contributed by atoms with Crippen LogP contribution in [-0.4, -0.2) is 0 Å². The first-order valence-corrected chi connectivity index (χ1v) is 17.5. The molecule has 0 N–H and O–H groups in total. The molecule has 1 heteroatoms. The van der Waals surface area contributed by atoms with Crippen LogP contribution in [0.2, 0.25) is 0 Å². The first-order chi connectivity index (χ1) is 24.6. The number of hydrogen-bond donors (Lipinski definition) is 0. The summed E-state index contributed by atoms with van der Waals surface area (Å²) >= 11 is 0. The Balaban J connectivity index is 1.15. The Morgan fingerprint density at radius 1 is 0.380 bits per heavy atom. The van der Waals surface area contributed by atoms with Crippen LogP contribution in [0.5, 0.6) is 0 Å². The molecule has 0 saturated heterocycles. The van der Waals surface area contributed by atoms with E-state index < -0.39 is 0 Å². The standard InChI is InChI=1S/C49H32O/c1-49(2)41-21-8-7-15-33(41)34-25-24-30(28-42(34)49)29-12-9-13-31(26-29)45-35-16-3-5-18-37(35)47(38-19-6-4-17-36(38)45)40-27-32-14-10-22-43-46(32)48-39(40)20-11-23-44(48)50-43/h3-28H,1-2H3. The fraction of sp³-hybridized carbons (Fsp3) is 0.0612. The van der Waals surface area contributed by atoms with Gasteiger partial charge in [-0.2, -0.15) is 0 Å². The van der Waals surface area contributed by atoms with Gasteiger partial charge in [0.1, 0.15) is 11.2 Å². The van der Waals surface area contributed by atoms with E-state index in [-0.39, 0.29) is 5.41 Å². The third-order valence-electron chi connectivity index (χ3n) is 11.4. The van der Waals surface area contributed by atoms with Gasteiger partial charge in [-0.1, -0.05) is 141 Å². The van der Waals surface area contributed by atoms with Crippen molar-refractivity contribution in [3.63, 3.8) is 0 Å². The van der Waals surface area contributed by atoms with Crippen molar-refractivity contribution in [3.05, 3.63) is 169 Å². The van der Waals surface area contributed by atoms with E-state index in [0.29, 0.717) is 0 Å². The van der Waals surface area contributed by atoms with Crippen molar-refractivity contribution in [2.24, 2.45) is 0 Å². The molecule has 0 unspecified atom stereocenters. The fourth-order valence-electron chi connectivity index (χ4n) is 9.15. The van der Waals surface area contributed by atoms with Gasteiger partial charge in [-0.05, 0) is 118 Å². The SMILES string of the molecule is CC1(C)c2ccccc2-c2ccc(-c3cccc(-c4c5ccccc5c(-c5cc6cccc7oc8cccc5c8c67)c5ccccc45)c3)cc21. The van der Waals surface area contributed by atoms with Crippen molar-refractivity contribution >= 4 is 54.3 Å². The van der Waals surface area contributed by atoms with Crippen LogP contribution in [0.15, 0.2) is 162 Å². The van der Waals surface area contributed by atoms with Crippen LogP contribution >= 0.6 is 0 Å². The zero-order valence-electron chi connectivity index (χ0n) is 27.9. The van der Waals surface area contributed by atoms with Gasteiger partial charge in [0.05, 0.1) is 0 Å². The van der Waals surface area contributed by atoms with Crippen LogP contribution < -0.4 is 0 Å². The van der Waals surface area contributed by atoms with Gasteiger partial charge in [0, 0.05) is 16.2 Å². The summed E-state index contributed by atoms with van der Waals surface area (Å²) in [4.78, 5) is 0. The lowest BCUT2D eigenvalue weighted by atomic mass is 9.81. The van der Waals surface area contributed by atoms with E-state index in [2.05, 4.69) is 172 Å². The van der Waals surface area contributed by atoms with Crippen LogP contribution in [0.1, 0.15) is 25.0 Å². The van der Waals surface area contributed by atoms with Crippen LogP contribution in [0.25, 0.3) is 98.8 Å². The molecule has 1 aliphatic carbocycles. The number of furan rings is 1. The number of fused-ring (bicyclic) bond motifs is 5. The summed E-state index contributed by atoms with van der Waals surface area (Å²) in [5, 5.41) is 9.88. The Kier molecular flexibility index (Phi) is 5.51. The predicted molar refractivity (Wildman–Crippen MR) is 211 cm³/mol. The zero-order valence-corrected chi connectivity index (χ0v) is 27.9. The van der Waals surface area contributed by atoms with Gasteiger partial charge in [-0.3, -0.25) is 0 Å². The second-order valence-corrected chi connectivity index (χ2v) is 14.4. The lowest BCUT2D eigenvalue weighted by molar-refractivity contribution is 0.660. The van der Waals surface area contributed by atoms with Gasteiger partial charge in [0.2, 0.25) is 0 Å². The van der Waals surface area contributed by atoms with Crippen molar-refractivity contribution in [1.29, 1.82) is 0 Å². The minimum atomic E-state index is -0.0390. The first-order valence-electron chi connectivity index (χ1n) is 17.5. The highest BCUT2D eigenvalue weighted by atomic mass is 16.3. The average Bonchev–Trinajstić information content (AvgIpc) is 3.66. The minimum absolute atomic E-state index is 0.0390. The summed E-state index contributed by atoms with van der Waals surface area (Å²) in [6, 6.07) is 58.3. The van der Waals surface area contributed by atoms with E-state index in [4.69, 9.17) is 4.42 Å². The molecule has 0 bridgehead atoms. The molecule has 234 valence electrons. The van der Waals surface area contributed by atoms with Gasteiger partial charge in [-0.25, -0.2) is 0 Å². The van der Waals surface area contributed by atoms with Crippen molar-refractivity contribution < 1.29 is 4.42 Å². The molecule has 1 aromatic heterocycles. The van der Waals surface area contributed by atoms with E-state index in [1.54, 1.807) is 0 Å². The molecule has 0 saturated carbocycles. The van der Waals surface area contributed by atoms with Gasteiger partial charge in [0.15, 0.2) is 0 Å². The second-order valence-electron chi connectivity index (χ2n) is 14.4. The normalized spacial score (nSPS) is 13.6. The van der Waals surface area contributed by atoms with Crippen molar-refractivity contribution in [1.82, 2.24) is 0 Å². The van der Waals surface area contributed by atoms with E-state index in [1.165, 1.54) is 98.7 Å². The first kappa shape index (κ1) is 27.7. The van der Waals surface area contributed by atoms with Crippen molar-refractivity contribution in [3.8, 4) is 44.5 Å². The molecule has 0 atom stereocenters. The summed E-state index contributed by atoms with van der Waals surface area (Å²) in [6.45, 7) is 4.71. The van der Waals surface area contributed by atoms with Crippen LogP contribution in [0, 0.1) is 0 Å². The van der Waals surface area contributed by atoms with E-state index in [1.807, 2.05) is 0 Å². The Morgan fingerprint density at radius 3 is 1.74 bits per heavy atom. The quantitative estimate of drug-likeness (QED) is 0.139. The second kappa shape index (κ2) is 9.94. The van der Waals surface area contributed by atoms with Crippen LogP contribution in [0.3, 0.4) is 0 Å². The van der Waals surface area contributed by atoms with Gasteiger partial charge in [0.25, 0.3) is 0 Å². The average molecular weight is 637 g/mol. The monoisotopic (exact) mass is 636 g/mol. The predicted octanol–water partition coefficient (Wildman–Crippen LogP) is 13.8. The minimum Gasteiger partial charge on any atom is -0.456 e. The van der Waals surface area contributed by atoms with Gasteiger partial charge in [-0.15, -0.1) is 0 Å². The summed E-state index contributed by atoms with van der Waals surface area (Å²) < 4.78 is 6.36. The molecule has 10 aromatic rings.